The van der Waals surface area contributed by atoms with E-state index >= 15 is 0 Å². The van der Waals surface area contributed by atoms with E-state index in [1.165, 1.54) is 57.8 Å². The summed E-state index contributed by atoms with van der Waals surface area (Å²) in [6, 6.07) is -0.903. The highest BCUT2D eigenvalue weighted by atomic mass is 16.5. The lowest BCUT2D eigenvalue weighted by Gasteiger charge is -2.08. The monoisotopic (exact) mass is 863 g/mol. The molecular formula is C44H86N4O12. The molecule has 16 heteroatoms. The first-order chi connectivity index (χ1) is 28.8. The van der Waals surface area contributed by atoms with E-state index < -0.39 is 17.9 Å². The topological polar surface area (TPSA) is 256 Å². The van der Waals surface area contributed by atoms with Crippen molar-refractivity contribution in [3.05, 3.63) is 0 Å². The number of hydrogen-bond donors (Lipinski definition) is 6. The van der Waals surface area contributed by atoms with Crippen LogP contribution < -0.4 is 22.1 Å². The van der Waals surface area contributed by atoms with Crippen LogP contribution in [0.15, 0.2) is 0 Å². The van der Waals surface area contributed by atoms with E-state index in [1.807, 2.05) is 13.8 Å². The largest absolute Gasteiger partial charge is 0.481 e. The van der Waals surface area contributed by atoms with Gasteiger partial charge < -0.3 is 51.3 Å². The second-order valence-electron chi connectivity index (χ2n) is 15.1. The van der Waals surface area contributed by atoms with E-state index in [-0.39, 0.29) is 43.3 Å². The Morgan fingerprint density at radius 1 is 0.600 bits per heavy atom. The number of rotatable bonds is 41. The molecule has 2 atom stereocenters. The molecule has 0 unspecified atom stereocenters. The number of aliphatic carboxylic acids is 1. The fourth-order valence-corrected chi connectivity index (χ4v) is 5.40. The molecule has 354 valence electrons. The number of aliphatic hydroxyl groups is 1. The van der Waals surface area contributed by atoms with Crippen molar-refractivity contribution < 1.29 is 57.9 Å². The molecule has 0 fully saturated rings. The van der Waals surface area contributed by atoms with Crippen molar-refractivity contribution in [3.8, 4) is 0 Å². The smallest absolute Gasteiger partial charge is 0.303 e. The minimum Gasteiger partial charge on any atom is -0.481 e. The lowest BCUT2D eigenvalue weighted by atomic mass is 10.0. The average molecular weight is 863 g/mol. The summed E-state index contributed by atoms with van der Waals surface area (Å²) >= 11 is 0. The van der Waals surface area contributed by atoms with Crippen LogP contribution in [0.25, 0.3) is 0 Å². The fraction of sp³-hybridized carbons (Fsp3) is 0.864. The Labute approximate surface area is 361 Å². The maximum atomic E-state index is 12.0. The minimum atomic E-state index is -0.903. The number of nitrogens with one attached hydrogen (secondary N) is 2. The molecule has 0 radical (unpaired) electrons. The third-order valence-corrected chi connectivity index (χ3v) is 9.30. The Morgan fingerprint density at radius 3 is 1.52 bits per heavy atom. The van der Waals surface area contributed by atoms with Crippen LogP contribution in [0.1, 0.15) is 162 Å². The van der Waals surface area contributed by atoms with Crippen molar-refractivity contribution in [2.45, 2.75) is 168 Å². The van der Waals surface area contributed by atoms with Gasteiger partial charge in [-0.25, -0.2) is 0 Å². The van der Waals surface area contributed by atoms with Gasteiger partial charge in [-0.1, -0.05) is 97.3 Å². The Kier molecular flexibility index (Phi) is 49.7. The normalized spacial score (nSPS) is 11.6. The number of Topliss-reactive ketones (excluding diaryl/α,β-unsaturated/α-hetero) is 2. The van der Waals surface area contributed by atoms with Gasteiger partial charge in [0.25, 0.3) is 0 Å². The number of hydrogen-bond acceptors (Lipinski definition) is 12. The van der Waals surface area contributed by atoms with Gasteiger partial charge >= 0.3 is 5.97 Å². The molecular weight excluding hydrogens is 776 g/mol. The van der Waals surface area contributed by atoms with Gasteiger partial charge in [-0.15, -0.1) is 0 Å². The second-order valence-corrected chi connectivity index (χ2v) is 15.1. The minimum absolute atomic E-state index is 0.0193. The quantitative estimate of drug-likeness (QED) is 0.0434. The van der Waals surface area contributed by atoms with E-state index in [4.69, 9.17) is 34.9 Å². The van der Waals surface area contributed by atoms with Gasteiger partial charge in [0.2, 0.25) is 17.7 Å². The van der Waals surface area contributed by atoms with Crippen LogP contribution in [0.2, 0.25) is 0 Å². The Morgan fingerprint density at radius 2 is 1.07 bits per heavy atom. The van der Waals surface area contributed by atoms with Gasteiger partial charge in [-0.2, -0.15) is 0 Å². The third-order valence-electron chi connectivity index (χ3n) is 9.30. The Hall–Kier alpha value is -3.02. The zero-order valence-electron chi connectivity index (χ0n) is 37.9. The second kappa shape index (κ2) is 48.6. The molecule has 0 bridgehead atoms. The van der Waals surface area contributed by atoms with Crippen molar-refractivity contribution in [1.82, 2.24) is 10.6 Å². The van der Waals surface area contributed by atoms with E-state index in [2.05, 4.69) is 16.4 Å². The number of carboxylic acid groups (broad SMARTS) is 1. The lowest BCUT2D eigenvalue weighted by Crippen LogP contribution is -2.39. The molecule has 0 aliphatic rings. The number of ketones is 2. The molecule has 0 saturated heterocycles. The van der Waals surface area contributed by atoms with Crippen molar-refractivity contribution in [2.75, 3.05) is 73.1 Å². The first kappa shape index (κ1) is 61.3. The zero-order chi connectivity index (χ0) is 45.5. The van der Waals surface area contributed by atoms with Gasteiger partial charge in [0.1, 0.15) is 30.8 Å². The molecule has 60 heavy (non-hydrogen) atoms. The molecule has 0 aromatic rings. The molecule has 0 heterocycles. The number of carbonyl (C=O) groups excluding carboxylic acids is 5. The summed E-state index contributed by atoms with van der Waals surface area (Å²) in [5, 5.41) is 22.2. The van der Waals surface area contributed by atoms with Gasteiger partial charge in [0, 0.05) is 58.6 Å². The standard InChI is InChI=1S/C28H53NO7.C13H25NO3.C3H8N2O2/c1-34-22-20-29-27(31)25-36-24-23-35-21-16-18-26(30)17-14-12-10-8-6-4-2-3-5-7-9-11-13-15-19-28(32)33;1-4-9-17-10-13(16)14-8-6-5-7-11(2)12(3)15;4-2(1-6)3(5)7/h2-25H2,1H3,(H,29,31)(H,32,33);11H,4-10H2,1-3H3,(H,14,16);2,6H,1,4H2,(H2,5,7)/t;11-;2-/m.00/s1. The highest BCUT2D eigenvalue weighted by molar-refractivity contribution is 5.80. The number of primary amides is 1. The molecule has 16 nitrogen and oxygen atoms in total. The zero-order valence-corrected chi connectivity index (χ0v) is 37.9. The van der Waals surface area contributed by atoms with Crippen LogP contribution in [0.3, 0.4) is 0 Å². The number of amides is 3. The molecule has 0 aliphatic heterocycles. The molecule has 0 saturated carbocycles. The van der Waals surface area contributed by atoms with Crippen LogP contribution in [-0.4, -0.2) is 125 Å². The molecule has 0 spiro atoms. The molecule has 0 rings (SSSR count). The van der Waals surface area contributed by atoms with Gasteiger partial charge in [0.15, 0.2) is 0 Å². The van der Waals surface area contributed by atoms with Gasteiger partial charge in [-0.05, 0) is 45.4 Å². The maximum Gasteiger partial charge on any atom is 0.303 e. The predicted molar refractivity (Wildman–Crippen MR) is 234 cm³/mol. The SMILES string of the molecule is CCCOCC(=O)NCCCC[C@H](C)C(C)=O.COCCNC(=O)COCCOCCCC(=O)CCCCCCCCCCCCCCCCC(=O)O.NC(=O)[C@@H](N)CO. The summed E-state index contributed by atoms with van der Waals surface area (Å²) in [5.41, 5.74) is 9.51. The van der Waals surface area contributed by atoms with Gasteiger partial charge in [0.05, 0.1) is 26.4 Å². The summed E-state index contributed by atoms with van der Waals surface area (Å²) in [5.74, 6) is -0.881. The van der Waals surface area contributed by atoms with Crippen LogP contribution in [-0.2, 0) is 47.7 Å². The summed E-state index contributed by atoms with van der Waals surface area (Å²) in [6.07, 6.45) is 22.7. The van der Waals surface area contributed by atoms with Gasteiger partial charge in [-0.3, -0.25) is 28.8 Å². The molecule has 0 aromatic carbocycles. The first-order valence-electron chi connectivity index (χ1n) is 22.5. The van der Waals surface area contributed by atoms with Crippen LogP contribution in [0, 0.1) is 5.92 Å². The van der Waals surface area contributed by atoms with Crippen LogP contribution in [0.5, 0.6) is 0 Å². The molecule has 3 amide bonds. The number of ether oxygens (including phenoxy) is 4. The Balaban J connectivity index is -0.00000111. The molecule has 0 aromatic heterocycles. The highest BCUT2D eigenvalue weighted by Crippen LogP contribution is 2.14. The third kappa shape index (κ3) is 53.0. The van der Waals surface area contributed by atoms with Crippen LogP contribution >= 0.6 is 0 Å². The molecule has 0 aliphatic carbocycles. The van der Waals surface area contributed by atoms with Crippen molar-refractivity contribution in [3.63, 3.8) is 0 Å². The number of carboxylic acids is 1. The van der Waals surface area contributed by atoms with Crippen LogP contribution in [0.4, 0.5) is 0 Å². The number of aliphatic hydroxyl groups excluding tert-OH is 1. The number of carbonyl (C=O) groups is 6. The Bertz CT molecular complexity index is 1050. The van der Waals surface area contributed by atoms with Crippen molar-refractivity contribution in [2.24, 2.45) is 17.4 Å². The van der Waals surface area contributed by atoms with E-state index in [0.717, 1.165) is 64.2 Å². The number of nitrogens with two attached hydrogens (primary N) is 2. The fourth-order valence-electron chi connectivity index (χ4n) is 5.40. The highest BCUT2D eigenvalue weighted by Gasteiger charge is 2.08. The molecule has 8 N–H and O–H groups in total. The van der Waals surface area contributed by atoms with E-state index in [1.54, 1.807) is 14.0 Å². The summed E-state index contributed by atoms with van der Waals surface area (Å²) in [6.45, 7) is 8.95. The van der Waals surface area contributed by atoms with E-state index in [0.29, 0.717) is 71.2 Å². The average Bonchev–Trinajstić information content (AvgIpc) is 3.21. The number of methoxy groups -OCH3 is 1. The van der Waals surface area contributed by atoms with Crippen molar-refractivity contribution in [1.29, 1.82) is 0 Å². The predicted octanol–water partition coefficient (Wildman–Crippen LogP) is 5.17. The van der Waals surface area contributed by atoms with Crippen molar-refractivity contribution >= 4 is 35.3 Å². The maximum absolute atomic E-state index is 12.0. The van der Waals surface area contributed by atoms with E-state index in [9.17, 15) is 28.8 Å². The summed E-state index contributed by atoms with van der Waals surface area (Å²) < 4.78 is 20.7. The summed E-state index contributed by atoms with van der Waals surface area (Å²) in [7, 11) is 1.58. The number of unbranched alkanes of at least 4 members (excludes halogenated alkanes) is 14. The lowest BCUT2D eigenvalue weighted by molar-refractivity contribution is -0.137. The first-order valence-corrected chi connectivity index (χ1v) is 22.5. The summed E-state index contributed by atoms with van der Waals surface area (Å²) in [4.78, 5) is 65.9.